The first-order chi connectivity index (χ1) is 13.6. The van der Waals surface area contributed by atoms with E-state index in [0.717, 1.165) is 33.1 Å². The third kappa shape index (κ3) is 4.52. The molecule has 9 heteroatoms. The average molecular weight is 421 g/mol. The zero-order valence-electron chi connectivity index (χ0n) is 17.7. The minimum Gasteiger partial charge on any atom is -0.325 e. The molecule has 2 heterocycles. The average Bonchev–Trinajstić information content (AvgIpc) is 2.90. The number of carbonyl (C=O) groups excluding carboxylic acids is 1. The number of nitrogens with one attached hydrogen (secondary N) is 2. The summed E-state index contributed by atoms with van der Waals surface area (Å²) in [6, 6.07) is 5.49. The van der Waals surface area contributed by atoms with Crippen LogP contribution in [0.1, 0.15) is 22.5 Å². The van der Waals surface area contributed by atoms with Gasteiger partial charge in [-0.05, 0) is 44.9 Å². The van der Waals surface area contributed by atoms with E-state index in [1.807, 2.05) is 46.9 Å². The molecule has 1 aromatic heterocycles. The number of amides is 1. The van der Waals surface area contributed by atoms with Gasteiger partial charge in [-0.3, -0.25) is 9.48 Å². The van der Waals surface area contributed by atoms with Gasteiger partial charge in [0, 0.05) is 7.05 Å². The summed E-state index contributed by atoms with van der Waals surface area (Å²) in [7, 11) is -1.67. The quantitative estimate of drug-likeness (QED) is 0.722. The first-order valence-electron chi connectivity index (χ1n) is 9.80. The Hall–Kier alpha value is -2.23. The second kappa shape index (κ2) is 8.25. The highest BCUT2D eigenvalue weighted by atomic mass is 32.2. The zero-order valence-corrected chi connectivity index (χ0v) is 18.6. The van der Waals surface area contributed by atoms with Gasteiger partial charge in [0.15, 0.2) is 6.54 Å². The predicted molar refractivity (Wildman–Crippen MR) is 112 cm³/mol. The highest BCUT2D eigenvalue weighted by molar-refractivity contribution is 7.89. The van der Waals surface area contributed by atoms with Crippen molar-refractivity contribution in [3.05, 3.63) is 40.7 Å². The van der Waals surface area contributed by atoms with Gasteiger partial charge in [0.1, 0.15) is 0 Å². The van der Waals surface area contributed by atoms with Crippen molar-refractivity contribution >= 4 is 21.6 Å². The summed E-state index contributed by atoms with van der Waals surface area (Å²) in [6.07, 6.45) is 0. The minimum absolute atomic E-state index is 0.0787. The molecule has 2 aromatic rings. The Morgan fingerprint density at radius 2 is 1.83 bits per heavy atom. The van der Waals surface area contributed by atoms with Crippen LogP contribution in [0.2, 0.25) is 0 Å². The fourth-order valence-corrected chi connectivity index (χ4v) is 5.46. The molecule has 8 nitrogen and oxygen atoms in total. The molecule has 1 fully saturated rings. The van der Waals surface area contributed by atoms with E-state index in [1.54, 1.807) is 10.7 Å². The molecule has 1 aliphatic rings. The van der Waals surface area contributed by atoms with Crippen LogP contribution in [0.25, 0.3) is 0 Å². The van der Waals surface area contributed by atoms with Gasteiger partial charge < -0.3 is 10.2 Å². The maximum Gasteiger partial charge on any atom is 0.279 e. The Morgan fingerprint density at radius 1 is 1.17 bits per heavy atom. The molecule has 1 aromatic carbocycles. The second-order valence-corrected chi connectivity index (χ2v) is 9.72. The lowest BCUT2D eigenvalue weighted by atomic mass is 10.2. The van der Waals surface area contributed by atoms with Gasteiger partial charge in [-0.2, -0.15) is 9.40 Å². The topological polar surface area (TPSA) is 88.7 Å². The number of aromatic nitrogens is 2. The van der Waals surface area contributed by atoms with Gasteiger partial charge in [0.05, 0.1) is 48.1 Å². The number of benzene rings is 1. The van der Waals surface area contributed by atoms with Crippen LogP contribution in [-0.2, 0) is 21.9 Å². The Morgan fingerprint density at radius 3 is 2.41 bits per heavy atom. The number of quaternary nitrogens is 1. The van der Waals surface area contributed by atoms with Crippen molar-refractivity contribution in [2.75, 3.05) is 38.0 Å². The van der Waals surface area contributed by atoms with Crippen LogP contribution in [0.3, 0.4) is 0 Å². The van der Waals surface area contributed by atoms with Gasteiger partial charge >= 0.3 is 0 Å². The number of piperazine rings is 1. The standard InChI is InChI=1S/C20H29N5O3S/c1-14-6-7-15(2)18(12-14)29(27,28)25-10-8-24(9-11-25)13-19(26)21-20-16(3)22-23(5)17(20)4/h6-7,12H,8-11,13H2,1-5H3,(H,21,26)/p+1. The Bertz CT molecular complexity index is 1020. The van der Waals surface area contributed by atoms with Crippen molar-refractivity contribution in [1.82, 2.24) is 14.1 Å². The molecule has 0 bridgehead atoms. The third-order valence-corrected chi connectivity index (χ3v) is 7.62. The highest BCUT2D eigenvalue weighted by Crippen LogP contribution is 2.21. The van der Waals surface area contributed by atoms with Crippen LogP contribution in [0, 0.1) is 27.7 Å². The lowest BCUT2D eigenvalue weighted by molar-refractivity contribution is -0.895. The van der Waals surface area contributed by atoms with E-state index in [-0.39, 0.29) is 5.91 Å². The highest BCUT2D eigenvalue weighted by Gasteiger charge is 2.32. The molecule has 0 atom stereocenters. The van der Waals surface area contributed by atoms with E-state index in [1.165, 1.54) is 4.31 Å². The maximum absolute atomic E-state index is 13.0. The molecular weight excluding hydrogens is 390 g/mol. The summed E-state index contributed by atoms with van der Waals surface area (Å²) in [5.74, 6) is -0.0787. The van der Waals surface area contributed by atoms with Gasteiger partial charge in [-0.25, -0.2) is 8.42 Å². The Labute approximate surface area is 172 Å². The van der Waals surface area contributed by atoms with Crippen LogP contribution < -0.4 is 10.2 Å². The largest absolute Gasteiger partial charge is 0.325 e. The van der Waals surface area contributed by atoms with E-state index in [2.05, 4.69) is 10.4 Å². The second-order valence-electron chi connectivity index (χ2n) is 7.82. The Kier molecular flexibility index (Phi) is 6.11. The van der Waals surface area contributed by atoms with E-state index < -0.39 is 10.0 Å². The van der Waals surface area contributed by atoms with E-state index >= 15 is 0 Å². The van der Waals surface area contributed by atoms with E-state index in [0.29, 0.717) is 37.6 Å². The molecule has 1 amide bonds. The molecule has 0 radical (unpaired) electrons. The number of anilines is 1. The number of rotatable bonds is 5. The van der Waals surface area contributed by atoms with Crippen molar-refractivity contribution in [3.63, 3.8) is 0 Å². The lowest BCUT2D eigenvalue weighted by Gasteiger charge is -2.31. The number of hydrogen-bond acceptors (Lipinski definition) is 4. The summed E-state index contributed by atoms with van der Waals surface area (Å²) in [6.45, 7) is 9.82. The third-order valence-electron chi connectivity index (χ3n) is 5.57. The SMILES string of the molecule is Cc1ccc(C)c(S(=O)(=O)N2CC[NH+](CC(=O)Nc3c(C)nn(C)c3C)CC2)c1. The summed E-state index contributed by atoms with van der Waals surface area (Å²) >= 11 is 0. The lowest BCUT2D eigenvalue weighted by Crippen LogP contribution is -3.15. The molecule has 2 N–H and O–H groups in total. The van der Waals surface area contributed by atoms with Crippen molar-refractivity contribution in [3.8, 4) is 0 Å². The van der Waals surface area contributed by atoms with Crippen molar-refractivity contribution in [2.45, 2.75) is 32.6 Å². The molecule has 1 saturated heterocycles. The van der Waals surface area contributed by atoms with E-state index in [9.17, 15) is 13.2 Å². The van der Waals surface area contributed by atoms with Gasteiger partial charge in [0.25, 0.3) is 5.91 Å². The maximum atomic E-state index is 13.0. The van der Waals surface area contributed by atoms with Crippen molar-refractivity contribution in [2.24, 2.45) is 7.05 Å². The smallest absolute Gasteiger partial charge is 0.279 e. The van der Waals surface area contributed by atoms with Crippen LogP contribution in [0.15, 0.2) is 23.1 Å². The fraction of sp³-hybridized carbons (Fsp3) is 0.500. The number of carbonyl (C=O) groups is 1. The molecule has 0 unspecified atom stereocenters. The summed E-state index contributed by atoms with van der Waals surface area (Å²) in [5.41, 5.74) is 4.14. The molecule has 1 aliphatic heterocycles. The van der Waals surface area contributed by atoms with Gasteiger partial charge in [0.2, 0.25) is 10.0 Å². The molecule has 158 valence electrons. The van der Waals surface area contributed by atoms with E-state index in [4.69, 9.17) is 0 Å². The van der Waals surface area contributed by atoms with Gasteiger partial charge in [-0.15, -0.1) is 0 Å². The summed E-state index contributed by atoms with van der Waals surface area (Å²) < 4.78 is 29.3. The van der Waals surface area contributed by atoms with Crippen molar-refractivity contribution < 1.29 is 18.1 Å². The van der Waals surface area contributed by atoms with Crippen LogP contribution in [-0.4, -0.2) is 61.1 Å². The fourth-order valence-electron chi connectivity index (χ4n) is 3.71. The summed E-state index contributed by atoms with van der Waals surface area (Å²) in [5, 5.41) is 7.26. The zero-order chi connectivity index (χ0) is 21.3. The number of aryl methyl sites for hydroxylation is 4. The van der Waals surface area contributed by atoms with Crippen LogP contribution >= 0.6 is 0 Å². The molecule has 0 aliphatic carbocycles. The van der Waals surface area contributed by atoms with Crippen LogP contribution in [0.4, 0.5) is 5.69 Å². The summed E-state index contributed by atoms with van der Waals surface area (Å²) in [4.78, 5) is 13.9. The monoisotopic (exact) mass is 420 g/mol. The minimum atomic E-state index is -3.52. The van der Waals surface area contributed by atoms with Crippen LogP contribution in [0.5, 0.6) is 0 Å². The van der Waals surface area contributed by atoms with Crippen molar-refractivity contribution in [1.29, 1.82) is 0 Å². The number of nitrogens with zero attached hydrogens (tertiary/aromatic N) is 3. The Balaban J connectivity index is 1.60. The number of hydrogen-bond donors (Lipinski definition) is 2. The number of sulfonamides is 1. The first kappa shape index (κ1) is 21.5. The normalized spacial score (nSPS) is 16.2. The predicted octanol–water partition coefficient (Wildman–Crippen LogP) is 0.182. The molecular formula is C20H30N5O3S+. The molecule has 0 saturated carbocycles. The molecule has 0 spiro atoms. The molecule has 29 heavy (non-hydrogen) atoms. The molecule has 3 rings (SSSR count). The van der Waals surface area contributed by atoms with Gasteiger partial charge in [-0.1, -0.05) is 12.1 Å². The first-order valence-corrected chi connectivity index (χ1v) is 11.2.